The lowest BCUT2D eigenvalue weighted by molar-refractivity contribution is -0.113. The smallest absolute Gasteiger partial charge is 0.410 e. The third kappa shape index (κ3) is 4.85. The summed E-state index contributed by atoms with van der Waals surface area (Å²) in [5.74, 6) is 0. The Morgan fingerprint density at radius 3 is 2.50 bits per heavy atom. The second kappa shape index (κ2) is 7.18. The van der Waals surface area contributed by atoms with E-state index in [1.54, 1.807) is 4.90 Å². The Kier molecular flexibility index (Phi) is 5.72. The molecule has 0 aliphatic carbocycles. The first-order valence-corrected chi connectivity index (χ1v) is 8.57. The van der Waals surface area contributed by atoms with Gasteiger partial charge in [-0.1, -0.05) is 6.92 Å². The number of carbonyl (C=O) groups excluding carboxylic acids is 1. The number of carbonyl (C=O) groups is 1. The minimum atomic E-state index is -0.438. The van der Waals surface area contributed by atoms with Crippen molar-refractivity contribution in [3.63, 3.8) is 0 Å². The van der Waals surface area contributed by atoms with Gasteiger partial charge in [0.15, 0.2) is 0 Å². The van der Waals surface area contributed by atoms with Gasteiger partial charge in [-0.05, 0) is 52.9 Å². The van der Waals surface area contributed by atoms with E-state index >= 15 is 0 Å². The van der Waals surface area contributed by atoms with Gasteiger partial charge in [0.05, 0.1) is 18.3 Å². The fourth-order valence-corrected chi connectivity index (χ4v) is 3.07. The molecule has 0 aromatic rings. The van der Waals surface area contributed by atoms with Gasteiger partial charge in [0.2, 0.25) is 0 Å². The van der Waals surface area contributed by atoms with Crippen molar-refractivity contribution in [3.05, 3.63) is 0 Å². The van der Waals surface area contributed by atoms with E-state index in [-0.39, 0.29) is 17.8 Å². The van der Waals surface area contributed by atoms with Gasteiger partial charge in [-0.25, -0.2) is 4.79 Å². The molecule has 5 heteroatoms. The fourth-order valence-electron chi connectivity index (χ4n) is 3.07. The maximum atomic E-state index is 12.1. The minimum Gasteiger partial charge on any atom is -0.444 e. The van der Waals surface area contributed by atoms with Crippen molar-refractivity contribution < 1.29 is 19.0 Å². The Balaban J connectivity index is 1.81. The minimum absolute atomic E-state index is 0.107. The molecular formula is C17H31NO4. The van der Waals surface area contributed by atoms with Crippen molar-refractivity contribution in [2.45, 2.75) is 77.1 Å². The molecule has 2 fully saturated rings. The normalized spacial score (nSPS) is 25.3. The summed E-state index contributed by atoms with van der Waals surface area (Å²) in [6.07, 6.45) is 5.00. The standard InChI is InChI=1S/C17H31NO4/c1-5-17(21-13-14-7-6-12-20-14)8-10-18(11-9-17)15(19)22-16(2,3)4/h14H,5-13H2,1-4H3. The molecule has 1 atom stereocenters. The Hall–Kier alpha value is -0.810. The van der Waals surface area contributed by atoms with Crippen LogP contribution in [0.3, 0.4) is 0 Å². The van der Waals surface area contributed by atoms with E-state index in [0.29, 0.717) is 19.7 Å². The molecular weight excluding hydrogens is 282 g/mol. The summed E-state index contributed by atoms with van der Waals surface area (Å²) in [5, 5.41) is 0. The van der Waals surface area contributed by atoms with Crippen molar-refractivity contribution in [1.29, 1.82) is 0 Å². The monoisotopic (exact) mass is 313 g/mol. The molecule has 0 aromatic heterocycles. The summed E-state index contributed by atoms with van der Waals surface area (Å²) in [5.41, 5.74) is -0.544. The van der Waals surface area contributed by atoms with Crippen molar-refractivity contribution in [1.82, 2.24) is 4.90 Å². The van der Waals surface area contributed by atoms with Crippen LogP contribution in [0.4, 0.5) is 4.79 Å². The maximum absolute atomic E-state index is 12.1. The molecule has 2 saturated heterocycles. The molecule has 0 saturated carbocycles. The zero-order valence-electron chi connectivity index (χ0n) is 14.5. The van der Waals surface area contributed by atoms with Crippen LogP contribution in [0.5, 0.6) is 0 Å². The number of ether oxygens (including phenoxy) is 3. The molecule has 0 spiro atoms. The van der Waals surface area contributed by atoms with Crippen molar-refractivity contribution in [2.75, 3.05) is 26.3 Å². The second-order valence-corrected chi connectivity index (χ2v) is 7.45. The third-order valence-corrected chi connectivity index (χ3v) is 4.57. The Labute approximate surface area is 134 Å². The summed E-state index contributed by atoms with van der Waals surface area (Å²) in [6, 6.07) is 0. The average Bonchev–Trinajstić information content (AvgIpc) is 2.97. The maximum Gasteiger partial charge on any atom is 0.410 e. The lowest BCUT2D eigenvalue weighted by Crippen LogP contribution is -2.49. The predicted molar refractivity (Wildman–Crippen MR) is 85.0 cm³/mol. The van der Waals surface area contributed by atoms with Gasteiger partial charge in [0, 0.05) is 19.7 Å². The van der Waals surface area contributed by atoms with Crippen LogP contribution >= 0.6 is 0 Å². The summed E-state index contributed by atoms with van der Waals surface area (Å²) in [7, 11) is 0. The van der Waals surface area contributed by atoms with Gasteiger partial charge in [-0.3, -0.25) is 0 Å². The topological polar surface area (TPSA) is 48.0 Å². The molecule has 128 valence electrons. The summed E-state index contributed by atoms with van der Waals surface area (Å²) >= 11 is 0. The zero-order chi connectivity index (χ0) is 16.2. The highest BCUT2D eigenvalue weighted by atomic mass is 16.6. The molecule has 0 bridgehead atoms. The van der Waals surface area contributed by atoms with Gasteiger partial charge < -0.3 is 19.1 Å². The molecule has 5 nitrogen and oxygen atoms in total. The van der Waals surface area contributed by atoms with Crippen LogP contribution in [-0.2, 0) is 14.2 Å². The molecule has 2 rings (SSSR count). The molecule has 1 amide bonds. The molecule has 1 unspecified atom stereocenters. The molecule has 22 heavy (non-hydrogen) atoms. The van der Waals surface area contributed by atoms with Gasteiger partial charge in [0.25, 0.3) is 0 Å². The summed E-state index contributed by atoms with van der Waals surface area (Å²) < 4.78 is 17.3. The van der Waals surface area contributed by atoms with E-state index in [1.165, 1.54) is 0 Å². The number of amides is 1. The summed E-state index contributed by atoms with van der Waals surface area (Å²) in [6.45, 7) is 10.8. The molecule has 0 aromatic carbocycles. The van der Waals surface area contributed by atoms with Gasteiger partial charge in [-0.15, -0.1) is 0 Å². The van der Waals surface area contributed by atoms with E-state index in [2.05, 4.69) is 6.92 Å². The number of rotatable bonds is 4. The largest absolute Gasteiger partial charge is 0.444 e. The first-order chi connectivity index (χ1) is 10.3. The molecule has 2 heterocycles. The molecule has 2 aliphatic heterocycles. The van der Waals surface area contributed by atoms with Crippen LogP contribution in [-0.4, -0.2) is 54.6 Å². The zero-order valence-corrected chi connectivity index (χ0v) is 14.5. The molecule has 0 radical (unpaired) electrons. The first-order valence-electron chi connectivity index (χ1n) is 8.57. The Morgan fingerprint density at radius 1 is 1.32 bits per heavy atom. The highest BCUT2D eigenvalue weighted by molar-refractivity contribution is 5.68. The number of hydrogen-bond acceptors (Lipinski definition) is 4. The lowest BCUT2D eigenvalue weighted by atomic mass is 9.88. The van der Waals surface area contributed by atoms with Crippen LogP contribution in [0.2, 0.25) is 0 Å². The van der Waals surface area contributed by atoms with Crippen LogP contribution in [0.15, 0.2) is 0 Å². The van der Waals surface area contributed by atoms with Crippen LogP contribution in [0.25, 0.3) is 0 Å². The lowest BCUT2D eigenvalue weighted by Gasteiger charge is -2.41. The van der Waals surface area contributed by atoms with Gasteiger partial charge in [0.1, 0.15) is 5.60 Å². The van der Waals surface area contributed by atoms with Crippen LogP contribution < -0.4 is 0 Å². The average molecular weight is 313 g/mol. The highest BCUT2D eigenvalue weighted by Crippen LogP contribution is 2.31. The SMILES string of the molecule is CCC1(OCC2CCCO2)CCN(C(=O)OC(C)(C)C)CC1. The van der Waals surface area contributed by atoms with E-state index in [9.17, 15) is 4.79 Å². The fraction of sp³-hybridized carbons (Fsp3) is 0.941. The van der Waals surface area contributed by atoms with Crippen LogP contribution in [0, 0.1) is 0 Å². The number of nitrogens with zero attached hydrogens (tertiary/aromatic N) is 1. The number of hydrogen-bond donors (Lipinski definition) is 0. The Morgan fingerprint density at radius 2 is 2.00 bits per heavy atom. The van der Waals surface area contributed by atoms with E-state index in [0.717, 1.165) is 38.7 Å². The first kappa shape index (κ1) is 17.5. The van der Waals surface area contributed by atoms with Gasteiger partial charge >= 0.3 is 6.09 Å². The van der Waals surface area contributed by atoms with Crippen molar-refractivity contribution >= 4 is 6.09 Å². The number of likely N-dealkylation sites (tertiary alicyclic amines) is 1. The molecule has 0 N–H and O–H groups in total. The second-order valence-electron chi connectivity index (χ2n) is 7.45. The number of piperidine rings is 1. The van der Waals surface area contributed by atoms with Crippen LogP contribution in [0.1, 0.15) is 59.8 Å². The predicted octanol–water partition coefficient (Wildman–Crippen LogP) is 3.36. The van der Waals surface area contributed by atoms with Crippen molar-refractivity contribution in [3.8, 4) is 0 Å². The summed E-state index contributed by atoms with van der Waals surface area (Å²) in [4.78, 5) is 13.9. The highest BCUT2D eigenvalue weighted by Gasteiger charge is 2.37. The van der Waals surface area contributed by atoms with E-state index in [4.69, 9.17) is 14.2 Å². The van der Waals surface area contributed by atoms with E-state index < -0.39 is 5.60 Å². The van der Waals surface area contributed by atoms with E-state index in [1.807, 2.05) is 20.8 Å². The Bertz CT molecular complexity index is 363. The van der Waals surface area contributed by atoms with Crippen molar-refractivity contribution in [2.24, 2.45) is 0 Å². The quantitative estimate of drug-likeness (QED) is 0.798. The molecule has 2 aliphatic rings. The van der Waals surface area contributed by atoms with Gasteiger partial charge in [-0.2, -0.15) is 0 Å². The third-order valence-electron chi connectivity index (χ3n) is 4.57.